The molecular formula is C18H24N4O4. The Morgan fingerprint density at radius 3 is 3.00 bits per heavy atom. The van der Waals surface area contributed by atoms with Crippen LogP contribution in [-0.4, -0.2) is 67.3 Å². The van der Waals surface area contributed by atoms with Gasteiger partial charge in [-0.1, -0.05) is 17.3 Å². The molecule has 1 N–H and O–H groups in total. The Kier molecular flexibility index (Phi) is 4.11. The van der Waals surface area contributed by atoms with Crippen LogP contribution in [0, 0.1) is 18.8 Å². The third-order valence-corrected chi connectivity index (χ3v) is 5.38. The molecule has 0 radical (unpaired) electrons. The van der Waals surface area contributed by atoms with Crippen LogP contribution in [0.1, 0.15) is 12.2 Å². The number of carbonyl (C=O) groups excluding carboxylic acids is 2. The predicted octanol–water partition coefficient (Wildman–Crippen LogP) is 0.337. The molecule has 1 spiro atoms. The van der Waals surface area contributed by atoms with E-state index in [9.17, 15) is 9.59 Å². The molecule has 4 rings (SSSR count). The van der Waals surface area contributed by atoms with Gasteiger partial charge in [-0.15, -0.1) is 0 Å². The second kappa shape index (κ2) is 6.21. The van der Waals surface area contributed by atoms with Gasteiger partial charge in [0, 0.05) is 12.6 Å². The molecule has 8 nitrogen and oxygen atoms in total. The summed E-state index contributed by atoms with van der Waals surface area (Å²) in [5.41, 5.74) is -0.736. The van der Waals surface area contributed by atoms with Crippen molar-refractivity contribution < 1.29 is 18.8 Å². The van der Waals surface area contributed by atoms with Gasteiger partial charge in [-0.05, 0) is 34.0 Å². The van der Waals surface area contributed by atoms with Crippen molar-refractivity contribution in [2.45, 2.75) is 25.0 Å². The van der Waals surface area contributed by atoms with Crippen molar-refractivity contribution in [3.8, 4) is 0 Å². The van der Waals surface area contributed by atoms with E-state index >= 15 is 0 Å². The first-order valence-electron chi connectivity index (χ1n) is 8.95. The number of carbonyl (C=O) groups is 2. The highest BCUT2D eigenvalue weighted by atomic mass is 16.5. The Morgan fingerprint density at radius 1 is 1.50 bits per heavy atom. The minimum absolute atomic E-state index is 0.114. The van der Waals surface area contributed by atoms with Gasteiger partial charge in [-0.2, -0.15) is 0 Å². The number of amides is 2. The lowest BCUT2D eigenvalue weighted by Gasteiger charge is -2.23. The minimum Gasteiger partial charge on any atom is -0.360 e. The van der Waals surface area contributed by atoms with Crippen LogP contribution in [0.15, 0.2) is 22.7 Å². The zero-order valence-electron chi connectivity index (χ0n) is 15.3. The van der Waals surface area contributed by atoms with Gasteiger partial charge in [0.1, 0.15) is 11.4 Å². The third-order valence-electron chi connectivity index (χ3n) is 5.38. The number of fused-ring (bicyclic) bond motifs is 1. The van der Waals surface area contributed by atoms with Gasteiger partial charge in [0.05, 0.1) is 24.5 Å². The summed E-state index contributed by atoms with van der Waals surface area (Å²) in [6.07, 6.45) is 4.37. The summed E-state index contributed by atoms with van der Waals surface area (Å²) in [5, 5.41) is 6.92. The van der Waals surface area contributed by atoms with Crippen molar-refractivity contribution >= 4 is 17.6 Å². The van der Waals surface area contributed by atoms with Crippen molar-refractivity contribution in [2.75, 3.05) is 38.6 Å². The number of aromatic nitrogens is 1. The van der Waals surface area contributed by atoms with Gasteiger partial charge in [-0.25, -0.2) is 0 Å². The first-order valence-corrected chi connectivity index (χ1v) is 8.95. The molecular weight excluding hydrogens is 336 g/mol. The fourth-order valence-corrected chi connectivity index (χ4v) is 4.20. The second-order valence-electron chi connectivity index (χ2n) is 7.57. The molecule has 3 aliphatic rings. The SMILES string of the molecule is Cc1cc(N2CC34C=CC(O3)C(C(=O)NCCCN(C)C)C4C2=O)no1. The number of nitrogens with zero attached hydrogens (tertiary/aromatic N) is 3. The van der Waals surface area contributed by atoms with E-state index in [1.165, 1.54) is 0 Å². The van der Waals surface area contributed by atoms with E-state index in [0.29, 0.717) is 24.7 Å². The fourth-order valence-electron chi connectivity index (χ4n) is 4.20. The molecule has 1 aromatic rings. The lowest BCUT2D eigenvalue weighted by atomic mass is 9.77. The van der Waals surface area contributed by atoms with E-state index in [-0.39, 0.29) is 17.9 Å². The van der Waals surface area contributed by atoms with Crippen LogP contribution < -0.4 is 10.2 Å². The molecule has 0 saturated carbocycles. The molecule has 4 unspecified atom stereocenters. The summed E-state index contributed by atoms with van der Waals surface area (Å²) >= 11 is 0. The van der Waals surface area contributed by atoms with Gasteiger partial charge in [0.15, 0.2) is 5.82 Å². The van der Waals surface area contributed by atoms with Gasteiger partial charge in [-0.3, -0.25) is 14.5 Å². The monoisotopic (exact) mass is 360 g/mol. The minimum atomic E-state index is -0.736. The van der Waals surface area contributed by atoms with Crippen LogP contribution in [0.5, 0.6) is 0 Å². The molecule has 2 fully saturated rings. The van der Waals surface area contributed by atoms with Crippen LogP contribution in [0.25, 0.3) is 0 Å². The quantitative estimate of drug-likeness (QED) is 0.581. The molecule has 2 saturated heterocycles. The molecule has 2 amide bonds. The molecule has 140 valence electrons. The molecule has 2 bridgehead atoms. The van der Waals surface area contributed by atoms with E-state index in [1.807, 2.05) is 26.2 Å². The fraction of sp³-hybridized carbons (Fsp3) is 0.611. The van der Waals surface area contributed by atoms with Gasteiger partial charge < -0.3 is 19.5 Å². The molecule has 1 aromatic heterocycles. The summed E-state index contributed by atoms with van der Waals surface area (Å²) in [6.45, 7) is 3.63. The van der Waals surface area contributed by atoms with E-state index in [1.54, 1.807) is 17.9 Å². The van der Waals surface area contributed by atoms with E-state index in [4.69, 9.17) is 9.26 Å². The Balaban J connectivity index is 1.49. The first kappa shape index (κ1) is 17.2. The lowest BCUT2D eigenvalue weighted by molar-refractivity contribution is -0.131. The van der Waals surface area contributed by atoms with E-state index < -0.39 is 17.4 Å². The standard InChI is InChI=1S/C18H24N4O4/c1-11-9-13(20-26-11)22-10-18-6-5-12(25-18)14(15(18)17(22)24)16(23)19-7-4-8-21(2)3/h5-6,9,12,14-15H,4,7-8,10H2,1-3H3,(H,19,23). The maximum atomic E-state index is 13.1. The van der Waals surface area contributed by atoms with Crippen molar-refractivity contribution in [3.63, 3.8) is 0 Å². The second-order valence-corrected chi connectivity index (χ2v) is 7.57. The average molecular weight is 360 g/mol. The number of rotatable bonds is 6. The molecule has 26 heavy (non-hydrogen) atoms. The lowest BCUT2D eigenvalue weighted by Crippen LogP contribution is -2.44. The maximum absolute atomic E-state index is 13.1. The van der Waals surface area contributed by atoms with Crippen molar-refractivity contribution in [3.05, 3.63) is 24.0 Å². The van der Waals surface area contributed by atoms with Crippen LogP contribution in [0.4, 0.5) is 5.82 Å². The van der Waals surface area contributed by atoms with Crippen LogP contribution in [0.3, 0.4) is 0 Å². The van der Waals surface area contributed by atoms with Crippen molar-refractivity contribution in [2.24, 2.45) is 11.8 Å². The number of anilines is 1. The first-order chi connectivity index (χ1) is 12.4. The molecule has 3 aliphatic heterocycles. The van der Waals surface area contributed by atoms with E-state index in [0.717, 1.165) is 13.0 Å². The van der Waals surface area contributed by atoms with Gasteiger partial charge in [0.2, 0.25) is 11.8 Å². The van der Waals surface area contributed by atoms with E-state index in [2.05, 4.69) is 15.4 Å². The Morgan fingerprint density at radius 2 is 2.31 bits per heavy atom. The summed E-state index contributed by atoms with van der Waals surface area (Å²) in [6, 6.07) is 1.72. The molecule has 8 heteroatoms. The normalized spacial score (nSPS) is 31.9. The Labute approximate surface area is 152 Å². The predicted molar refractivity (Wildman–Crippen MR) is 93.5 cm³/mol. The third kappa shape index (κ3) is 2.64. The molecule has 4 heterocycles. The highest BCUT2D eigenvalue weighted by molar-refractivity contribution is 6.02. The molecule has 0 aliphatic carbocycles. The number of hydrogen-bond donors (Lipinski definition) is 1. The topological polar surface area (TPSA) is 87.9 Å². The smallest absolute Gasteiger partial charge is 0.235 e. The summed E-state index contributed by atoms with van der Waals surface area (Å²) in [4.78, 5) is 29.5. The average Bonchev–Trinajstić information content (AvgIpc) is 3.32. The largest absolute Gasteiger partial charge is 0.360 e. The van der Waals surface area contributed by atoms with Crippen LogP contribution in [-0.2, 0) is 14.3 Å². The maximum Gasteiger partial charge on any atom is 0.235 e. The Hall–Kier alpha value is -2.19. The van der Waals surface area contributed by atoms with Crippen molar-refractivity contribution in [1.82, 2.24) is 15.4 Å². The zero-order chi connectivity index (χ0) is 18.5. The highest BCUT2D eigenvalue weighted by Crippen LogP contribution is 2.52. The van der Waals surface area contributed by atoms with Crippen LogP contribution in [0.2, 0.25) is 0 Å². The summed E-state index contributed by atoms with van der Waals surface area (Å²) in [7, 11) is 4.00. The number of aryl methyl sites for hydroxylation is 1. The van der Waals surface area contributed by atoms with Gasteiger partial charge in [0.25, 0.3) is 0 Å². The molecule has 0 aromatic carbocycles. The summed E-state index contributed by atoms with van der Waals surface area (Å²) in [5.74, 6) is -0.136. The number of ether oxygens (including phenoxy) is 1. The van der Waals surface area contributed by atoms with Crippen LogP contribution >= 0.6 is 0 Å². The number of hydrogen-bond acceptors (Lipinski definition) is 6. The van der Waals surface area contributed by atoms with Gasteiger partial charge >= 0.3 is 0 Å². The Bertz CT molecular complexity index is 758. The molecule has 4 atom stereocenters. The summed E-state index contributed by atoms with van der Waals surface area (Å²) < 4.78 is 11.2. The van der Waals surface area contributed by atoms with Crippen molar-refractivity contribution in [1.29, 1.82) is 0 Å². The zero-order valence-corrected chi connectivity index (χ0v) is 15.3. The number of nitrogens with one attached hydrogen (secondary N) is 1. The highest BCUT2D eigenvalue weighted by Gasteiger charge is 2.67.